The third kappa shape index (κ3) is 3.69. The first kappa shape index (κ1) is 16.1. The van der Waals surface area contributed by atoms with Gasteiger partial charge in [-0.2, -0.15) is 0 Å². The first-order valence-electron chi connectivity index (χ1n) is 7.91. The number of ether oxygens (including phenoxy) is 1. The molecule has 0 saturated heterocycles. The molecule has 1 fully saturated rings. The molecule has 0 unspecified atom stereocenters. The molecule has 1 saturated carbocycles. The van der Waals surface area contributed by atoms with E-state index in [2.05, 4.69) is 4.90 Å². The highest BCUT2D eigenvalue weighted by atomic mass is 16.5. The maximum Gasteiger partial charge on any atom is 0.126 e. The topological polar surface area (TPSA) is 52.9 Å². The van der Waals surface area contributed by atoms with Gasteiger partial charge < -0.3 is 19.8 Å². The van der Waals surface area contributed by atoms with Gasteiger partial charge >= 0.3 is 0 Å². The van der Waals surface area contributed by atoms with Gasteiger partial charge in [-0.1, -0.05) is 25.3 Å². The minimum Gasteiger partial charge on any atom is -0.496 e. The van der Waals surface area contributed by atoms with Crippen LogP contribution in [0.15, 0.2) is 18.2 Å². The van der Waals surface area contributed by atoms with E-state index in [0.29, 0.717) is 18.3 Å². The van der Waals surface area contributed by atoms with Crippen molar-refractivity contribution in [2.45, 2.75) is 51.2 Å². The summed E-state index contributed by atoms with van der Waals surface area (Å²) < 4.78 is 5.41. The summed E-state index contributed by atoms with van der Waals surface area (Å²) in [5, 5.41) is 19.6. The van der Waals surface area contributed by atoms with Crippen LogP contribution < -0.4 is 9.64 Å². The van der Waals surface area contributed by atoms with Crippen molar-refractivity contribution in [3.05, 3.63) is 23.8 Å². The van der Waals surface area contributed by atoms with Gasteiger partial charge in [-0.25, -0.2) is 0 Å². The lowest BCUT2D eigenvalue weighted by Crippen LogP contribution is -2.39. The fourth-order valence-electron chi connectivity index (χ4n) is 3.38. The zero-order valence-corrected chi connectivity index (χ0v) is 13.1. The number of benzene rings is 1. The number of methoxy groups -OCH3 is 1. The minimum atomic E-state index is -0.596. The van der Waals surface area contributed by atoms with E-state index in [9.17, 15) is 10.2 Å². The zero-order valence-electron chi connectivity index (χ0n) is 13.1. The summed E-state index contributed by atoms with van der Waals surface area (Å²) in [7, 11) is 1.63. The molecule has 0 aliphatic heterocycles. The molecule has 1 atom stereocenters. The van der Waals surface area contributed by atoms with Crippen molar-refractivity contribution in [1.82, 2.24) is 0 Å². The molecular formula is C17H27NO3. The lowest BCUT2D eigenvalue weighted by atomic mass is 9.93. The number of rotatable bonds is 6. The number of anilines is 1. The van der Waals surface area contributed by atoms with Gasteiger partial charge in [-0.15, -0.1) is 0 Å². The SMILES string of the molecule is COc1cccc(N(CCO)C2CCCCC2)c1[C@H](C)O. The molecule has 118 valence electrons. The molecule has 0 heterocycles. The Bertz CT molecular complexity index is 442. The highest BCUT2D eigenvalue weighted by molar-refractivity contribution is 5.61. The van der Waals surface area contributed by atoms with Crippen molar-refractivity contribution in [2.75, 3.05) is 25.2 Å². The van der Waals surface area contributed by atoms with E-state index in [1.165, 1.54) is 19.3 Å². The van der Waals surface area contributed by atoms with E-state index in [4.69, 9.17) is 4.74 Å². The fourth-order valence-corrected chi connectivity index (χ4v) is 3.38. The van der Waals surface area contributed by atoms with Crippen molar-refractivity contribution in [2.24, 2.45) is 0 Å². The standard InChI is InChI=1S/C17H27NO3/c1-13(20)17-15(9-6-10-16(17)21-2)18(11-12-19)14-7-4-3-5-8-14/h6,9-10,13-14,19-20H,3-5,7-8,11-12H2,1-2H3/t13-/m0/s1. The highest BCUT2D eigenvalue weighted by Gasteiger charge is 2.25. The maximum atomic E-state index is 10.2. The summed E-state index contributed by atoms with van der Waals surface area (Å²) in [5.41, 5.74) is 1.81. The highest BCUT2D eigenvalue weighted by Crippen LogP contribution is 2.37. The number of nitrogens with zero attached hydrogens (tertiary/aromatic N) is 1. The van der Waals surface area contributed by atoms with Gasteiger partial charge in [0, 0.05) is 23.8 Å². The smallest absolute Gasteiger partial charge is 0.126 e. The molecule has 2 rings (SSSR count). The van der Waals surface area contributed by atoms with E-state index in [1.807, 2.05) is 18.2 Å². The van der Waals surface area contributed by atoms with Gasteiger partial charge in [0.1, 0.15) is 5.75 Å². The first-order chi connectivity index (χ1) is 10.2. The van der Waals surface area contributed by atoms with Crippen molar-refractivity contribution >= 4 is 5.69 Å². The molecule has 1 aliphatic rings. The second-order valence-corrected chi connectivity index (χ2v) is 5.78. The van der Waals surface area contributed by atoms with Crippen LogP contribution in [-0.4, -0.2) is 36.5 Å². The Balaban J connectivity index is 2.38. The van der Waals surface area contributed by atoms with Crippen molar-refractivity contribution in [3.63, 3.8) is 0 Å². The van der Waals surface area contributed by atoms with Crippen LogP contribution in [0.1, 0.15) is 50.7 Å². The molecule has 1 aliphatic carbocycles. The van der Waals surface area contributed by atoms with Crippen molar-refractivity contribution in [1.29, 1.82) is 0 Å². The number of hydrogen-bond acceptors (Lipinski definition) is 4. The van der Waals surface area contributed by atoms with E-state index in [0.717, 1.165) is 24.1 Å². The largest absolute Gasteiger partial charge is 0.496 e. The zero-order chi connectivity index (χ0) is 15.2. The van der Waals surface area contributed by atoms with Gasteiger partial charge in [-0.05, 0) is 31.9 Å². The van der Waals surface area contributed by atoms with E-state index in [1.54, 1.807) is 14.0 Å². The molecule has 1 aromatic rings. The Kier molecular flexibility index (Phi) is 5.88. The average Bonchev–Trinajstić information content (AvgIpc) is 2.52. The summed E-state index contributed by atoms with van der Waals surface area (Å²) in [5.74, 6) is 0.709. The second-order valence-electron chi connectivity index (χ2n) is 5.78. The number of aliphatic hydroxyl groups excluding tert-OH is 2. The summed E-state index contributed by atoms with van der Waals surface area (Å²) in [6.07, 6.45) is 5.47. The molecule has 0 aromatic heterocycles. The second kappa shape index (κ2) is 7.66. The first-order valence-corrected chi connectivity index (χ1v) is 7.91. The Morgan fingerprint density at radius 3 is 2.57 bits per heavy atom. The average molecular weight is 293 g/mol. The molecule has 0 amide bonds. The van der Waals surface area contributed by atoms with Crippen LogP contribution in [0.25, 0.3) is 0 Å². The third-order valence-corrected chi connectivity index (χ3v) is 4.35. The molecule has 21 heavy (non-hydrogen) atoms. The van der Waals surface area contributed by atoms with Gasteiger partial charge in [-0.3, -0.25) is 0 Å². The van der Waals surface area contributed by atoms with Gasteiger partial charge in [0.05, 0.1) is 19.8 Å². The Morgan fingerprint density at radius 1 is 1.29 bits per heavy atom. The van der Waals surface area contributed by atoms with E-state index < -0.39 is 6.10 Å². The van der Waals surface area contributed by atoms with Crippen LogP contribution in [0.5, 0.6) is 5.75 Å². The maximum absolute atomic E-state index is 10.2. The Labute approximate surface area is 127 Å². The minimum absolute atomic E-state index is 0.118. The van der Waals surface area contributed by atoms with Crippen molar-refractivity contribution < 1.29 is 14.9 Å². The molecule has 2 N–H and O–H groups in total. The third-order valence-electron chi connectivity index (χ3n) is 4.35. The molecule has 0 spiro atoms. The predicted octanol–water partition coefficient (Wildman–Crippen LogP) is 2.88. The summed E-state index contributed by atoms with van der Waals surface area (Å²) >= 11 is 0. The van der Waals surface area contributed by atoms with Crippen LogP contribution in [0, 0.1) is 0 Å². The molecule has 1 aromatic carbocycles. The molecule has 0 bridgehead atoms. The number of hydrogen-bond donors (Lipinski definition) is 2. The molecular weight excluding hydrogens is 266 g/mol. The Hall–Kier alpha value is -1.26. The lowest BCUT2D eigenvalue weighted by Gasteiger charge is -2.37. The van der Waals surface area contributed by atoms with E-state index in [-0.39, 0.29) is 6.61 Å². The summed E-state index contributed by atoms with van der Waals surface area (Å²) in [6.45, 7) is 2.48. The predicted molar refractivity (Wildman–Crippen MR) is 84.9 cm³/mol. The van der Waals surface area contributed by atoms with Gasteiger partial charge in [0.25, 0.3) is 0 Å². The van der Waals surface area contributed by atoms with Crippen LogP contribution >= 0.6 is 0 Å². The summed E-state index contributed by atoms with van der Waals surface area (Å²) in [6, 6.07) is 6.29. The van der Waals surface area contributed by atoms with Crippen LogP contribution in [0.3, 0.4) is 0 Å². The normalized spacial score (nSPS) is 17.5. The van der Waals surface area contributed by atoms with Crippen LogP contribution in [0.4, 0.5) is 5.69 Å². The van der Waals surface area contributed by atoms with Crippen LogP contribution in [0.2, 0.25) is 0 Å². The number of aliphatic hydroxyl groups is 2. The fraction of sp³-hybridized carbons (Fsp3) is 0.647. The van der Waals surface area contributed by atoms with Gasteiger partial charge in [0.15, 0.2) is 0 Å². The summed E-state index contributed by atoms with van der Waals surface area (Å²) in [4.78, 5) is 2.25. The quantitative estimate of drug-likeness (QED) is 0.847. The molecule has 0 radical (unpaired) electrons. The van der Waals surface area contributed by atoms with E-state index >= 15 is 0 Å². The van der Waals surface area contributed by atoms with Crippen molar-refractivity contribution in [3.8, 4) is 5.75 Å². The molecule has 4 nitrogen and oxygen atoms in total. The molecule has 4 heteroatoms. The van der Waals surface area contributed by atoms with Crippen LogP contribution in [-0.2, 0) is 0 Å². The van der Waals surface area contributed by atoms with Gasteiger partial charge in [0.2, 0.25) is 0 Å². The lowest BCUT2D eigenvalue weighted by molar-refractivity contribution is 0.194. The Morgan fingerprint density at radius 2 is 2.00 bits per heavy atom. The monoisotopic (exact) mass is 293 g/mol.